The normalized spacial score (nSPS) is 16.7. The molecule has 1 aliphatic heterocycles. The molecule has 0 spiro atoms. The number of methoxy groups -OCH3 is 1. The van der Waals surface area contributed by atoms with Crippen LogP contribution in [0.4, 0.5) is 13.2 Å². The number of amides is 1. The van der Waals surface area contributed by atoms with Crippen molar-refractivity contribution in [3.8, 4) is 5.75 Å². The fourth-order valence-corrected chi connectivity index (χ4v) is 3.54. The zero-order valence-corrected chi connectivity index (χ0v) is 15.8. The number of halogens is 4. The second kappa shape index (κ2) is 7.64. The molecule has 1 saturated heterocycles. The number of likely N-dealkylation sites (tertiary alicyclic amines) is 1. The van der Waals surface area contributed by atoms with Crippen LogP contribution < -0.4 is 4.74 Å². The van der Waals surface area contributed by atoms with Crippen LogP contribution in [0.25, 0.3) is 0 Å². The van der Waals surface area contributed by atoms with E-state index in [1.165, 1.54) is 13.2 Å². The number of carbonyl (C=O) groups excluding carboxylic acids is 1. The van der Waals surface area contributed by atoms with Gasteiger partial charge in [-0.25, -0.2) is 0 Å². The first-order valence-corrected chi connectivity index (χ1v) is 9.05. The summed E-state index contributed by atoms with van der Waals surface area (Å²) < 4.78 is 44.4. The summed E-state index contributed by atoms with van der Waals surface area (Å²) in [7, 11) is 1.53. The molecule has 0 unspecified atom stereocenters. The van der Waals surface area contributed by atoms with Crippen molar-refractivity contribution < 1.29 is 27.8 Å². The maximum atomic E-state index is 13.1. The van der Waals surface area contributed by atoms with Gasteiger partial charge < -0.3 is 14.7 Å². The lowest BCUT2D eigenvalue weighted by Gasteiger charge is -2.39. The van der Waals surface area contributed by atoms with Crippen molar-refractivity contribution in [1.29, 1.82) is 0 Å². The van der Waals surface area contributed by atoms with E-state index in [0.717, 1.165) is 12.1 Å². The zero-order valence-electron chi connectivity index (χ0n) is 15.1. The number of nitrogens with zero attached hydrogens (tertiary/aromatic N) is 1. The van der Waals surface area contributed by atoms with E-state index < -0.39 is 22.4 Å². The minimum absolute atomic E-state index is 0.133. The van der Waals surface area contributed by atoms with Gasteiger partial charge in [0.1, 0.15) is 5.75 Å². The van der Waals surface area contributed by atoms with E-state index in [9.17, 15) is 23.1 Å². The number of carbonyl (C=O) groups is 1. The quantitative estimate of drug-likeness (QED) is 0.806. The first kappa shape index (κ1) is 20.5. The number of ether oxygens (including phenoxy) is 1. The molecule has 0 atom stereocenters. The van der Waals surface area contributed by atoms with Crippen LogP contribution in [0.1, 0.15) is 34.3 Å². The largest absolute Gasteiger partial charge is 0.497 e. The molecule has 8 heteroatoms. The van der Waals surface area contributed by atoms with E-state index in [0.29, 0.717) is 11.3 Å². The molecule has 0 aliphatic carbocycles. The van der Waals surface area contributed by atoms with Crippen molar-refractivity contribution in [2.75, 3.05) is 20.2 Å². The predicted molar refractivity (Wildman–Crippen MR) is 98.5 cm³/mol. The number of piperidine rings is 1. The van der Waals surface area contributed by atoms with Gasteiger partial charge in [0.25, 0.3) is 5.91 Å². The maximum Gasteiger partial charge on any atom is 0.417 e. The molecule has 0 aromatic heterocycles. The SMILES string of the molecule is COc1ccc(C(=O)N2CCC(O)(c3ccc(Cl)c(C(F)(F)F)c3)CC2)cc1. The van der Waals surface area contributed by atoms with Crippen LogP contribution >= 0.6 is 11.6 Å². The molecule has 1 heterocycles. The molecule has 0 saturated carbocycles. The van der Waals surface area contributed by atoms with Gasteiger partial charge in [0.15, 0.2) is 0 Å². The third-order valence-corrected chi connectivity index (χ3v) is 5.35. The van der Waals surface area contributed by atoms with E-state index >= 15 is 0 Å². The summed E-state index contributed by atoms with van der Waals surface area (Å²) in [5.74, 6) is 0.435. The molecule has 1 fully saturated rings. The predicted octanol–water partition coefficient (Wildman–Crippen LogP) is 4.49. The van der Waals surface area contributed by atoms with E-state index in [-0.39, 0.29) is 37.4 Å². The summed E-state index contributed by atoms with van der Waals surface area (Å²) in [5.41, 5.74) is -1.78. The van der Waals surface area contributed by atoms with Gasteiger partial charge in [0.05, 0.1) is 23.3 Å². The van der Waals surface area contributed by atoms with Crippen LogP contribution in [-0.4, -0.2) is 36.1 Å². The molecular weight excluding hydrogens is 395 g/mol. The smallest absolute Gasteiger partial charge is 0.417 e. The third-order valence-electron chi connectivity index (χ3n) is 5.02. The second-order valence-corrected chi connectivity index (χ2v) is 7.15. The summed E-state index contributed by atoms with van der Waals surface area (Å²) in [4.78, 5) is 14.2. The average Bonchev–Trinajstić information content (AvgIpc) is 2.67. The molecule has 1 N–H and O–H groups in total. The summed E-state index contributed by atoms with van der Waals surface area (Å²) in [6.45, 7) is 0.455. The van der Waals surface area contributed by atoms with Crippen molar-refractivity contribution >= 4 is 17.5 Å². The molecule has 2 aromatic rings. The molecule has 0 bridgehead atoms. The third kappa shape index (κ3) is 4.10. The van der Waals surface area contributed by atoms with Crippen molar-refractivity contribution in [2.45, 2.75) is 24.6 Å². The lowest BCUT2D eigenvalue weighted by molar-refractivity contribution is -0.137. The Hall–Kier alpha value is -2.25. The Kier molecular flexibility index (Phi) is 5.59. The van der Waals surface area contributed by atoms with Crippen LogP contribution in [0, 0.1) is 0 Å². The monoisotopic (exact) mass is 413 g/mol. The Morgan fingerprint density at radius 2 is 1.75 bits per heavy atom. The first-order valence-electron chi connectivity index (χ1n) is 8.67. The highest BCUT2D eigenvalue weighted by molar-refractivity contribution is 6.31. The van der Waals surface area contributed by atoms with Gasteiger partial charge in [-0.1, -0.05) is 17.7 Å². The molecule has 1 aliphatic rings. The molecule has 3 rings (SSSR count). The molecule has 150 valence electrons. The highest BCUT2D eigenvalue weighted by atomic mass is 35.5. The average molecular weight is 414 g/mol. The van der Waals surface area contributed by atoms with E-state index in [1.807, 2.05) is 0 Å². The Balaban J connectivity index is 1.74. The minimum Gasteiger partial charge on any atom is -0.497 e. The van der Waals surface area contributed by atoms with Crippen molar-refractivity contribution in [3.05, 3.63) is 64.2 Å². The van der Waals surface area contributed by atoms with Crippen LogP contribution in [0.3, 0.4) is 0 Å². The standard InChI is InChI=1S/C20H19ClF3NO3/c1-28-15-5-2-13(3-6-15)18(26)25-10-8-19(27,9-11-25)14-4-7-17(21)16(12-14)20(22,23)24/h2-7,12,27H,8-11H2,1H3. The fourth-order valence-electron chi connectivity index (χ4n) is 3.32. The maximum absolute atomic E-state index is 13.1. The lowest BCUT2D eigenvalue weighted by atomic mass is 9.83. The van der Waals surface area contributed by atoms with Gasteiger partial charge in [-0.2, -0.15) is 13.2 Å². The van der Waals surface area contributed by atoms with Gasteiger partial charge in [0, 0.05) is 18.7 Å². The van der Waals surface area contributed by atoms with E-state index in [1.54, 1.807) is 29.2 Å². The molecule has 0 radical (unpaired) electrons. The van der Waals surface area contributed by atoms with Crippen molar-refractivity contribution in [2.24, 2.45) is 0 Å². The number of benzene rings is 2. The Morgan fingerprint density at radius 3 is 2.29 bits per heavy atom. The number of aliphatic hydroxyl groups is 1. The summed E-state index contributed by atoms with van der Waals surface area (Å²) in [6, 6.07) is 10.1. The summed E-state index contributed by atoms with van der Waals surface area (Å²) >= 11 is 5.66. The van der Waals surface area contributed by atoms with Gasteiger partial charge in [0.2, 0.25) is 0 Å². The van der Waals surface area contributed by atoms with E-state index in [2.05, 4.69) is 0 Å². The first-order chi connectivity index (χ1) is 13.1. The van der Waals surface area contributed by atoms with Gasteiger partial charge in [-0.05, 0) is 54.8 Å². The van der Waals surface area contributed by atoms with Crippen molar-refractivity contribution in [3.63, 3.8) is 0 Å². The Bertz CT molecular complexity index is 860. The second-order valence-electron chi connectivity index (χ2n) is 6.74. The molecule has 4 nitrogen and oxygen atoms in total. The topological polar surface area (TPSA) is 49.8 Å². The Labute approximate surface area is 165 Å². The number of alkyl halides is 3. The van der Waals surface area contributed by atoms with Gasteiger partial charge in [-0.15, -0.1) is 0 Å². The van der Waals surface area contributed by atoms with Gasteiger partial charge in [-0.3, -0.25) is 4.79 Å². The minimum atomic E-state index is -4.60. The van der Waals surface area contributed by atoms with E-state index in [4.69, 9.17) is 16.3 Å². The molecule has 28 heavy (non-hydrogen) atoms. The van der Waals surface area contributed by atoms with Crippen LogP contribution in [0.15, 0.2) is 42.5 Å². The summed E-state index contributed by atoms with van der Waals surface area (Å²) in [5, 5.41) is 10.5. The molecule has 2 aromatic carbocycles. The zero-order chi connectivity index (χ0) is 20.5. The molecular formula is C20H19ClF3NO3. The van der Waals surface area contributed by atoms with Crippen LogP contribution in [-0.2, 0) is 11.8 Å². The number of rotatable bonds is 3. The molecule has 1 amide bonds. The highest BCUT2D eigenvalue weighted by Gasteiger charge is 2.39. The summed E-state index contributed by atoms with van der Waals surface area (Å²) in [6.07, 6.45) is -4.34. The fraction of sp³-hybridized carbons (Fsp3) is 0.350. The Morgan fingerprint density at radius 1 is 1.14 bits per heavy atom. The highest BCUT2D eigenvalue weighted by Crippen LogP contribution is 2.40. The number of hydrogen-bond acceptors (Lipinski definition) is 3. The van der Waals surface area contributed by atoms with Gasteiger partial charge >= 0.3 is 6.18 Å². The van der Waals surface area contributed by atoms with Crippen molar-refractivity contribution in [1.82, 2.24) is 4.90 Å². The van der Waals surface area contributed by atoms with Crippen LogP contribution in [0.5, 0.6) is 5.75 Å². The number of hydrogen-bond donors (Lipinski definition) is 1. The lowest BCUT2D eigenvalue weighted by Crippen LogP contribution is -2.45. The van der Waals surface area contributed by atoms with Crippen LogP contribution in [0.2, 0.25) is 5.02 Å².